The predicted octanol–water partition coefficient (Wildman–Crippen LogP) is 2.76. The molecule has 0 spiro atoms. The Morgan fingerprint density at radius 3 is 2.82 bits per heavy atom. The van der Waals surface area contributed by atoms with Gasteiger partial charge in [0.25, 0.3) is 5.91 Å². The number of rotatable bonds is 9. The van der Waals surface area contributed by atoms with Crippen molar-refractivity contribution >= 4 is 5.91 Å². The number of hydrogen-bond acceptors (Lipinski definition) is 5. The van der Waals surface area contributed by atoms with E-state index in [4.69, 9.17) is 9.47 Å². The van der Waals surface area contributed by atoms with E-state index in [1.165, 1.54) is 0 Å². The molecule has 3 rings (SSSR count). The summed E-state index contributed by atoms with van der Waals surface area (Å²) in [6.45, 7) is 3.50. The number of amides is 1. The van der Waals surface area contributed by atoms with Crippen molar-refractivity contribution < 1.29 is 14.3 Å². The minimum absolute atomic E-state index is 0.00746. The highest BCUT2D eigenvalue weighted by molar-refractivity contribution is 5.94. The molecule has 1 amide bonds. The van der Waals surface area contributed by atoms with Crippen molar-refractivity contribution in [1.82, 2.24) is 15.2 Å². The zero-order valence-corrected chi connectivity index (χ0v) is 16.4. The van der Waals surface area contributed by atoms with Gasteiger partial charge in [-0.25, -0.2) is 0 Å². The molecule has 1 aromatic carbocycles. The highest BCUT2D eigenvalue weighted by Crippen LogP contribution is 2.16. The predicted molar refractivity (Wildman–Crippen MR) is 109 cm³/mol. The molecule has 2 unspecified atom stereocenters. The van der Waals surface area contributed by atoms with Crippen LogP contribution in [0.15, 0.2) is 54.9 Å². The van der Waals surface area contributed by atoms with E-state index in [0.29, 0.717) is 12.2 Å². The van der Waals surface area contributed by atoms with E-state index < -0.39 is 0 Å². The van der Waals surface area contributed by atoms with Gasteiger partial charge in [0, 0.05) is 32.0 Å². The maximum Gasteiger partial charge on any atom is 0.251 e. The van der Waals surface area contributed by atoms with Crippen molar-refractivity contribution in [1.29, 1.82) is 0 Å². The Labute approximate surface area is 166 Å². The van der Waals surface area contributed by atoms with Crippen LogP contribution in [-0.2, 0) is 4.74 Å². The first-order chi connectivity index (χ1) is 13.8. The number of nitrogens with one attached hydrogen (secondary N) is 1. The Morgan fingerprint density at radius 2 is 2.07 bits per heavy atom. The van der Waals surface area contributed by atoms with Gasteiger partial charge in [0.1, 0.15) is 5.75 Å². The molecular formula is C22H29N3O3. The fourth-order valence-electron chi connectivity index (χ4n) is 3.49. The second kappa shape index (κ2) is 10.8. The van der Waals surface area contributed by atoms with Crippen LogP contribution in [0.4, 0.5) is 0 Å². The van der Waals surface area contributed by atoms with Gasteiger partial charge < -0.3 is 19.7 Å². The van der Waals surface area contributed by atoms with Crippen LogP contribution in [0, 0.1) is 0 Å². The molecule has 2 heterocycles. The van der Waals surface area contributed by atoms with Crippen LogP contribution in [0.3, 0.4) is 0 Å². The number of unbranched alkanes of at least 4 members (excludes halogenated alkanes) is 1. The van der Waals surface area contributed by atoms with Gasteiger partial charge in [0.2, 0.25) is 0 Å². The molecule has 6 heteroatoms. The highest BCUT2D eigenvalue weighted by atomic mass is 16.5. The third kappa shape index (κ3) is 6.04. The number of piperidine rings is 1. The van der Waals surface area contributed by atoms with Crippen LogP contribution in [0.25, 0.3) is 0 Å². The largest absolute Gasteiger partial charge is 0.492 e. The fraction of sp³-hybridized carbons (Fsp3) is 0.455. The number of hydrogen-bond donors (Lipinski definition) is 1. The number of likely N-dealkylation sites (tertiary alicyclic amines) is 1. The zero-order chi connectivity index (χ0) is 19.6. The van der Waals surface area contributed by atoms with Gasteiger partial charge in [-0.1, -0.05) is 18.2 Å². The van der Waals surface area contributed by atoms with Gasteiger partial charge in [-0.05, 0) is 50.1 Å². The van der Waals surface area contributed by atoms with E-state index in [0.717, 1.165) is 44.6 Å². The van der Waals surface area contributed by atoms with E-state index in [-0.39, 0.29) is 18.1 Å². The smallest absolute Gasteiger partial charge is 0.251 e. The van der Waals surface area contributed by atoms with Gasteiger partial charge in [-0.2, -0.15) is 0 Å². The van der Waals surface area contributed by atoms with Crippen LogP contribution < -0.4 is 10.1 Å². The summed E-state index contributed by atoms with van der Waals surface area (Å²) >= 11 is 0. The molecule has 0 saturated carbocycles. The standard InChI is InChI=1S/C22H29N3O3/c1-27-21-17-25(13-5-6-15-28-19-10-7-12-23-16-19)14-11-20(21)24-22(26)18-8-3-2-4-9-18/h2-4,7-10,12,16,20-21H,5-6,11,13-15,17H2,1H3,(H,24,26). The summed E-state index contributed by atoms with van der Waals surface area (Å²) in [6.07, 6.45) is 6.44. The Bertz CT molecular complexity index is 711. The molecule has 0 aliphatic carbocycles. The topological polar surface area (TPSA) is 63.7 Å². The summed E-state index contributed by atoms with van der Waals surface area (Å²) in [6, 6.07) is 13.2. The second-order valence-electron chi connectivity index (χ2n) is 7.05. The number of pyridine rings is 1. The van der Waals surface area contributed by atoms with Crippen molar-refractivity contribution in [2.45, 2.75) is 31.4 Å². The van der Waals surface area contributed by atoms with E-state index in [1.807, 2.05) is 42.5 Å². The first-order valence-electron chi connectivity index (χ1n) is 9.90. The molecule has 0 bridgehead atoms. The number of nitrogens with zero attached hydrogens (tertiary/aromatic N) is 2. The minimum atomic E-state index is -0.0337. The van der Waals surface area contributed by atoms with Crippen molar-refractivity contribution in [3.05, 3.63) is 60.4 Å². The average molecular weight is 383 g/mol. The maximum atomic E-state index is 12.4. The first kappa shape index (κ1) is 20.3. The summed E-state index contributed by atoms with van der Waals surface area (Å²) in [5.41, 5.74) is 0.688. The molecule has 1 N–H and O–H groups in total. The Balaban J connectivity index is 1.37. The Morgan fingerprint density at radius 1 is 1.21 bits per heavy atom. The lowest BCUT2D eigenvalue weighted by atomic mass is 10.0. The molecule has 2 atom stereocenters. The van der Waals surface area contributed by atoms with E-state index in [1.54, 1.807) is 19.5 Å². The zero-order valence-electron chi connectivity index (χ0n) is 16.4. The summed E-state index contributed by atoms with van der Waals surface area (Å²) in [5.74, 6) is 0.783. The lowest BCUT2D eigenvalue weighted by Crippen LogP contribution is -2.54. The molecule has 1 aliphatic heterocycles. The number of benzene rings is 1. The highest BCUT2D eigenvalue weighted by Gasteiger charge is 2.30. The van der Waals surface area contributed by atoms with Crippen LogP contribution in [0.1, 0.15) is 29.6 Å². The fourth-order valence-corrected chi connectivity index (χ4v) is 3.49. The number of carbonyl (C=O) groups is 1. The van der Waals surface area contributed by atoms with Gasteiger partial charge in [-0.15, -0.1) is 0 Å². The van der Waals surface area contributed by atoms with E-state index in [2.05, 4.69) is 15.2 Å². The number of ether oxygens (including phenoxy) is 2. The number of carbonyl (C=O) groups excluding carboxylic acids is 1. The first-order valence-corrected chi connectivity index (χ1v) is 9.90. The molecular weight excluding hydrogens is 354 g/mol. The monoisotopic (exact) mass is 383 g/mol. The van der Waals surface area contributed by atoms with Crippen LogP contribution in [0.2, 0.25) is 0 Å². The van der Waals surface area contributed by atoms with Crippen LogP contribution in [0.5, 0.6) is 5.75 Å². The summed E-state index contributed by atoms with van der Waals surface area (Å²) in [7, 11) is 1.72. The van der Waals surface area contributed by atoms with Gasteiger partial charge in [-0.3, -0.25) is 9.78 Å². The van der Waals surface area contributed by atoms with Gasteiger partial charge in [0.05, 0.1) is 24.9 Å². The van der Waals surface area contributed by atoms with E-state index >= 15 is 0 Å². The molecule has 6 nitrogen and oxygen atoms in total. The summed E-state index contributed by atoms with van der Waals surface area (Å²) in [5, 5.41) is 3.13. The van der Waals surface area contributed by atoms with Crippen LogP contribution >= 0.6 is 0 Å². The SMILES string of the molecule is COC1CN(CCCCOc2cccnc2)CCC1NC(=O)c1ccccc1. The van der Waals surface area contributed by atoms with Crippen molar-refractivity contribution in [2.24, 2.45) is 0 Å². The van der Waals surface area contributed by atoms with Gasteiger partial charge >= 0.3 is 0 Å². The molecule has 1 aliphatic rings. The second-order valence-corrected chi connectivity index (χ2v) is 7.05. The maximum absolute atomic E-state index is 12.4. The molecule has 0 radical (unpaired) electrons. The lowest BCUT2D eigenvalue weighted by molar-refractivity contribution is 0.00581. The molecule has 150 valence electrons. The summed E-state index contributed by atoms with van der Waals surface area (Å²) in [4.78, 5) is 18.9. The van der Waals surface area contributed by atoms with Crippen molar-refractivity contribution in [3.8, 4) is 5.75 Å². The minimum Gasteiger partial charge on any atom is -0.492 e. The average Bonchev–Trinajstić information content (AvgIpc) is 2.75. The normalized spacial score (nSPS) is 19.9. The van der Waals surface area contributed by atoms with Gasteiger partial charge in [0.15, 0.2) is 0 Å². The lowest BCUT2D eigenvalue weighted by Gasteiger charge is -2.38. The third-order valence-corrected chi connectivity index (χ3v) is 5.07. The molecule has 28 heavy (non-hydrogen) atoms. The Kier molecular flexibility index (Phi) is 7.82. The molecule has 2 aromatic rings. The van der Waals surface area contributed by atoms with Crippen LogP contribution in [-0.4, -0.2) is 61.3 Å². The molecule has 1 saturated heterocycles. The molecule has 1 fully saturated rings. The van der Waals surface area contributed by atoms with Crippen molar-refractivity contribution in [3.63, 3.8) is 0 Å². The number of methoxy groups -OCH3 is 1. The van der Waals surface area contributed by atoms with Crippen molar-refractivity contribution in [2.75, 3.05) is 33.4 Å². The third-order valence-electron chi connectivity index (χ3n) is 5.07. The quantitative estimate of drug-likeness (QED) is 0.675. The Hall–Kier alpha value is -2.44. The molecule has 1 aromatic heterocycles. The summed E-state index contributed by atoms with van der Waals surface area (Å²) < 4.78 is 11.4. The number of aromatic nitrogens is 1. The van der Waals surface area contributed by atoms with E-state index in [9.17, 15) is 4.79 Å².